The number of benzene rings is 3. The van der Waals surface area contributed by atoms with E-state index in [4.69, 9.17) is 19.3 Å². The molecule has 30 heavy (non-hydrogen) atoms. The van der Waals surface area contributed by atoms with Crippen LogP contribution in [0.25, 0.3) is 0 Å². The highest BCUT2D eigenvalue weighted by Gasteiger charge is 2.42. The van der Waals surface area contributed by atoms with E-state index in [1.165, 1.54) is 0 Å². The van der Waals surface area contributed by atoms with Gasteiger partial charge in [-0.2, -0.15) is 5.10 Å². The first-order valence-electron chi connectivity index (χ1n) is 9.78. The Morgan fingerprint density at radius 1 is 0.933 bits per heavy atom. The number of para-hydroxylation sites is 2. The van der Waals surface area contributed by atoms with Gasteiger partial charge in [-0.1, -0.05) is 52.3 Å². The molecule has 2 aliphatic rings. The van der Waals surface area contributed by atoms with Crippen LogP contribution in [0.1, 0.15) is 35.4 Å². The highest BCUT2D eigenvalue weighted by Crippen LogP contribution is 2.49. The molecule has 0 aliphatic carbocycles. The third-order valence-corrected chi connectivity index (χ3v) is 6.10. The van der Waals surface area contributed by atoms with Gasteiger partial charge in [0.1, 0.15) is 5.75 Å². The summed E-state index contributed by atoms with van der Waals surface area (Å²) in [5.41, 5.74) is 4.18. The van der Waals surface area contributed by atoms with Crippen molar-refractivity contribution in [3.63, 3.8) is 0 Å². The van der Waals surface area contributed by atoms with Gasteiger partial charge in [0.05, 0.1) is 31.5 Å². The van der Waals surface area contributed by atoms with Gasteiger partial charge in [0.15, 0.2) is 11.5 Å². The molecule has 0 radical (unpaired) electrons. The number of fused-ring (bicyclic) bond motifs is 3. The topological polar surface area (TPSA) is 43.3 Å². The Balaban J connectivity index is 1.62. The van der Waals surface area contributed by atoms with Gasteiger partial charge in [-0.3, -0.25) is 0 Å². The van der Waals surface area contributed by atoms with Crippen LogP contribution in [0.15, 0.2) is 76.3 Å². The Bertz CT molecular complexity index is 1110. The largest absolute Gasteiger partial charge is 0.493 e. The maximum absolute atomic E-state index is 6.45. The minimum absolute atomic E-state index is 0.0921. The average Bonchev–Trinajstić information content (AvgIpc) is 3.24. The summed E-state index contributed by atoms with van der Waals surface area (Å²) in [5.74, 6) is 2.21. The molecule has 6 heteroatoms. The second-order valence-corrected chi connectivity index (χ2v) is 8.16. The first kappa shape index (κ1) is 19.0. The van der Waals surface area contributed by atoms with Gasteiger partial charge in [0.25, 0.3) is 0 Å². The molecule has 0 N–H and O–H groups in total. The van der Waals surface area contributed by atoms with Gasteiger partial charge in [-0.15, -0.1) is 0 Å². The molecule has 5 nitrogen and oxygen atoms in total. The van der Waals surface area contributed by atoms with E-state index < -0.39 is 6.23 Å². The average molecular weight is 465 g/mol. The molecule has 0 saturated heterocycles. The molecule has 0 aromatic heterocycles. The summed E-state index contributed by atoms with van der Waals surface area (Å²) in [6.07, 6.45) is 0.396. The van der Waals surface area contributed by atoms with Crippen LogP contribution in [-0.4, -0.2) is 24.9 Å². The van der Waals surface area contributed by atoms with Crippen molar-refractivity contribution in [2.24, 2.45) is 5.10 Å². The zero-order chi connectivity index (χ0) is 20.7. The molecule has 2 aliphatic heterocycles. The fraction of sp³-hybridized carbons (Fsp3) is 0.208. The number of hydrogen-bond acceptors (Lipinski definition) is 5. The number of hydrogen-bond donors (Lipinski definition) is 0. The molecular weight excluding hydrogens is 444 g/mol. The van der Waals surface area contributed by atoms with E-state index in [9.17, 15) is 0 Å². The van der Waals surface area contributed by atoms with E-state index in [1.807, 2.05) is 48.5 Å². The Kier molecular flexibility index (Phi) is 4.87. The van der Waals surface area contributed by atoms with E-state index in [1.54, 1.807) is 14.2 Å². The Labute approximate surface area is 184 Å². The first-order chi connectivity index (χ1) is 14.7. The molecule has 152 valence electrons. The lowest BCUT2D eigenvalue weighted by Crippen LogP contribution is -2.34. The number of hydrazone groups is 1. The second-order valence-electron chi connectivity index (χ2n) is 7.24. The van der Waals surface area contributed by atoms with Crippen molar-refractivity contribution >= 4 is 21.6 Å². The lowest BCUT2D eigenvalue weighted by Gasteiger charge is -2.38. The summed E-state index contributed by atoms with van der Waals surface area (Å²) >= 11 is 3.51. The molecule has 0 bridgehead atoms. The zero-order valence-corrected chi connectivity index (χ0v) is 18.3. The molecule has 0 fully saturated rings. The Hall–Kier alpha value is -2.99. The molecule has 5 rings (SSSR count). The normalized spacial score (nSPS) is 19.4. The molecule has 0 unspecified atom stereocenters. The van der Waals surface area contributed by atoms with E-state index >= 15 is 0 Å². The van der Waals surface area contributed by atoms with E-state index in [2.05, 4.69) is 39.1 Å². The van der Waals surface area contributed by atoms with Crippen molar-refractivity contribution in [3.8, 4) is 17.2 Å². The third kappa shape index (κ3) is 3.12. The summed E-state index contributed by atoms with van der Waals surface area (Å²) in [6, 6.07) is 22.4. The minimum Gasteiger partial charge on any atom is -0.493 e. The van der Waals surface area contributed by atoms with Gasteiger partial charge in [-0.05, 0) is 35.9 Å². The summed E-state index contributed by atoms with van der Waals surface area (Å²) < 4.78 is 18.7. The van der Waals surface area contributed by atoms with Crippen LogP contribution < -0.4 is 14.2 Å². The van der Waals surface area contributed by atoms with E-state index in [0.29, 0.717) is 11.5 Å². The van der Waals surface area contributed by atoms with Gasteiger partial charge >= 0.3 is 0 Å². The smallest absolute Gasteiger partial charge is 0.217 e. The SMILES string of the molecule is COc1cccc([C@H]2Oc3ccccc3[C@@H]3CC(c4ccc(Br)cc4)=NN23)c1OC. The van der Waals surface area contributed by atoms with Crippen molar-refractivity contribution in [1.29, 1.82) is 0 Å². The summed E-state index contributed by atoms with van der Waals surface area (Å²) in [5, 5.41) is 7.06. The van der Waals surface area contributed by atoms with Gasteiger partial charge in [0, 0.05) is 16.5 Å². The van der Waals surface area contributed by atoms with Crippen molar-refractivity contribution in [2.75, 3.05) is 14.2 Å². The molecule has 0 saturated carbocycles. The number of rotatable bonds is 4. The fourth-order valence-electron chi connectivity index (χ4n) is 4.16. The van der Waals surface area contributed by atoms with Crippen LogP contribution in [0.5, 0.6) is 17.2 Å². The quantitative estimate of drug-likeness (QED) is 0.495. The van der Waals surface area contributed by atoms with Crippen LogP contribution >= 0.6 is 15.9 Å². The molecule has 2 atom stereocenters. The highest BCUT2D eigenvalue weighted by molar-refractivity contribution is 9.10. The van der Waals surface area contributed by atoms with Crippen molar-refractivity contribution in [3.05, 3.63) is 87.9 Å². The van der Waals surface area contributed by atoms with Crippen LogP contribution in [0.4, 0.5) is 0 Å². The lowest BCUT2D eigenvalue weighted by atomic mass is 9.96. The number of nitrogens with zero attached hydrogens (tertiary/aromatic N) is 2. The molecule has 3 aromatic carbocycles. The van der Waals surface area contributed by atoms with Crippen molar-refractivity contribution in [2.45, 2.75) is 18.7 Å². The van der Waals surface area contributed by atoms with Gasteiger partial charge in [0.2, 0.25) is 6.23 Å². The van der Waals surface area contributed by atoms with Crippen LogP contribution in [0.3, 0.4) is 0 Å². The standard InChI is InChI=1S/C24H21BrN2O3/c1-28-22-9-5-7-18(23(22)29-2)24-27-20(17-6-3-4-8-21(17)30-24)14-19(26-27)15-10-12-16(25)13-11-15/h3-13,20,24H,14H2,1-2H3/t20-,24+/m0/s1. The summed E-state index contributed by atoms with van der Waals surface area (Å²) in [4.78, 5) is 0. The van der Waals surface area contributed by atoms with E-state index in [-0.39, 0.29) is 6.04 Å². The predicted molar refractivity (Wildman–Crippen MR) is 119 cm³/mol. The molecule has 0 amide bonds. The summed E-state index contributed by atoms with van der Waals surface area (Å²) in [6.45, 7) is 0. The number of ether oxygens (including phenoxy) is 3. The monoisotopic (exact) mass is 464 g/mol. The van der Waals surface area contributed by atoms with Crippen molar-refractivity contribution < 1.29 is 14.2 Å². The highest BCUT2D eigenvalue weighted by atomic mass is 79.9. The zero-order valence-electron chi connectivity index (χ0n) is 16.7. The Morgan fingerprint density at radius 2 is 1.70 bits per heavy atom. The van der Waals surface area contributed by atoms with Gasteiger partial charge in [-0.25, -0.2) is 5.01 Å². The second kappa shape index (κ2) is 7.69. The van der Waals surface area contributed by atoms with Crippen molar-refractivity contribution in [1.82, 2.24) is 5.01 Å². The van der Waals surface area contributed by atoms with Crippen LogP contribution in [0, 0.1) is 0 Å². The third-order valence-electron chi connectivity index (χ3n) is 5.58. The first-order valence-corrected chi connectivity index (χ1v) is 10.6. The number of methoxy groups -OCH3 is 2. The molecule has 2 heterocycles. The molecular formula is C24H21BrN2O3. The van der Waals surface area contributed by atoms with Crippen LogP contribution in [-0.2, 0) is 0 Å². The minimum atomic E-state index is -0.414. The maximum Gasteiger partial charge on any atom is 0.217 e. The maximum atomic E-state index is 6.45. The summed E-state index contributed by atoms with van der Waals surface area (Å²) in [7, 11) is 3.29. The predicted octanol–water partition coefficient (Wildman–Crippen LogP) is 5.71. The fourth-order valence-corrected chi connectivity index (χ4v) is 4.43. The van der Waals surface area contributed by atoms with Gasteiger partial charge < -0.3 is 14.2 Å². The van der Waals surface area contributed by atoms with E-state index in [0.717, 1.165) is 39.0 Å². The Morgan fingerprint density at radius 3 is 2.47 bits per heavy atom. The lowest BCUT2D eigenvalue weighted by molar-refractivity contribution is -0.0205. The molecule has 3 aromatic rings. The molecule has 0 spiro atoms. The number of halogens is 1. The van der Waals surface area contributed by atoms with Crippen LogP contribution in [0.2, 0.25) is 0 Å².